The Morgan fingerprint density at radius 2 is 2.33 bits per heavy atom. The second-order valence-corrected chi connectivity index (χ2v) is 5.29. The average Bonchev–Trinajstić information content (AvgIpc) is 3.09. The van der Waals surface area contributed by atoms with Gasteiger partial charge in [-0.3, -0.25) is 4.79 Å². The lowest BCUT2D eigenvalue weighted by atomic mass is 10.2. The molecule has 3 aromatic rings. The highest BCUT2D eigenvalue weighted by molar-refractivity contribution is 7.99. The summed E-state index contributed by atoms with van der Waals surface area (Å²) in [5.74, 6) is 0.200. The summed E-state index contributed by atoms with van der Waals surface area (Å²) in [6.45, 7) is 0.448. The largest absolute Gasteiger partial charge is 0.351 e. The lowest BCUT2D eigenvalue weighted by Gasteiger charge is -2.03. The van der Waals surface area contributed by atoms with Crippen molar-refractivity contribution in [1.29, 1.82) is 0 Å². The van der Waals surface area contributed by atoms with Gasteiger partial charge in [-0.2, -0.15) is 5.10 Å². The van der Waals surface area contributed by atoms with Crippen LogP contribution in [0.15, 0.2) is 35.7 Å². The fraction of sp³-hybridized carbons (Fsp3) is 0.250. The van der Waals surface area contributed by atoms with E-state index in [9.17, 15) is 4.79 Å². The maximum absolute atomic E-state index is 11.8. The average molecular weight is 303 g/mol. The van der Waals surface area contributed by atoms with Crippen molar-refractivity contribution in [3.8, 4) is 0 Å². The van der Waals surface area contributed by atoms with Gasteiger partial charge in [0.05, 0.1) is 17.5 Å². The van der Waals surface area contributed by atoms with Gasteiger partial charge >= 0.3 is 0 Å². The third-order valence-corrected chi connectivity index (χ3v) is 3.91. The van der Waals surface area contributed by atoms with Crippen LogP contribution >= 0.6 is 11.8 Å². The van der Waals surface area contributed by atoms with E-state index in [2.05, 4.69) is 25.9 Å². The number of carbonyl (C=O) groups excluding carboxylic acids is 1. The molecule has 0 fully saturated rings. The smallest absolute Gasteiger partial charge is 0.230 e. The molecule has 0 aromatic carbocycles. The Hall–Kier alpha value is -2.42. The number of tetrazole rings is 1. The van der Waals surface area contributed by atoms with E-state index in [-0.39, 0.29) is 11.7 Å². The van der Waals surface area contributed by atoms with Gasteiger partial charge in [0, 0.05) is 25.4 Å². The number of aromatic nitrogens is 6. The maximum Gasteiger partial charge on any atom is 0.230 e. The molecular weight excluding hydrogens is 290 g/mol. The van der Waals surface area contributed by atoms with Crippen LogP contribution in [0.2, 0.25) is 0 Å². The van der Waals surface area contributed by atoms with E-state index in [4.69, 9.17) is 0 Å². The van der Waals surface area contributed by atoms with Gasteiger partial charge < -0.3 is 5.32 Å². The number of nitrogens with one attached hydrogen (secondary N) is 1. The molecule has 9 heteroatoms. The number of hydrogen-bond donors (Lipinski definition) is 1. The van der Waals surface area contributed by atoms with Gasteiger partial charge in [0.2, 0.25) is 11.1 Å². The monoisotopic (exact) mass is 303 g/mol. The number of pyridine rings is 1. The fourth-order valence-electron chi connectivity index (χ4n) is 1.84. The van der Waals surface area contributed by atoms with Crippen LogP contribution in [-0.4, -0.2) is 41.5 Å². The molecule has 1 amide bonds. The van der Waals surface area contributed by atoms with Gasteiger partial charge in [0.15, 0.2) is 0 Å². The molecule has 0 aliphatic carbocycles. The van der Waals surface area contributed by atoms with E-state index in [1.807, 2.05) is 24.4 Å². The van der Waals surface area contributed by atoms with Crippen LogP contribution < -0.4 is 5.32 Å². The highest BCUT2D eigenvalue weighted by Gasteiger charge is 2.09. The number of aryl methyl sites for hydroxylation is 1. The van der Waals surface area contributed by atoms with Crippen molar-refractivity contribution in [2.45, 2.75) is 11.7 Å². The Kier molecular flexibility index (Phi) is 3.82. The molecule has 0 radical (unpaired) electrons. The molecule has 8 nitrogen and oxygen atoms in total. The lowest BCUT2D eigenvalue weighted by molar-refractivity contribution is -0.118. The highest BCUT2D eigenvalue weighted by atomic mass is 32.2. The third-order valence-electron chi connectivity index (χ3n) is 2.90. The fourth-order valence-corrected chi connectivity index (χ4v) is 2.52. The van der Waals surface area contributed by atoms with E-state index in [0.29, 0.717) is 11.7 Å². The molecule has 0 aliphatic heterocycles. The Morgan fingerprint density at radius 1 is 1.43 bits per heavy atom. The SMILES string of the molecule is Cn1nnnc1SCC(=O)NCc1cnn2ccccc12. The number of carbonyl (C=O) groups is 1. The molecule has 21 heavy (non-hydrogen) atoms. The quantitative estimate of drug-likeness (QED) is 0.680. The Labute approximate surface area is 124 Å². The standard InChI is InChI=1S/C12H13N7OS/c1-18-12(15-16-17-18)21-8-11(20)13-6-9-7-14-19-5-3-2-4-10(9)19/h2-5,7H,6,8H2,1H3,(H,13,20). The van der Waals surface area contributed by atoms with Gasteiger partial charge in [0.1, 0.15) is 0 Å². The summed E-state index contributed by atoms with van der Waals surface area (Å²) in [4.78, 5) is 11.8. The van der Waals surface area contributed by atoms with Crippen LogP contribution in [0.4, 0.5) is 0 Å². The molecular formula is C12H13N7OS. The Morgan fingerprint density at radius 3 is 3.14 bits per heavy atom. The van der Waals surface area contributed by atoms with Crippen LogP contribution in [-0.2, 0) is 18.4 Å². The predicted octanol–water partition coefficient (Wildman–Crippen LogP) is 0.266. The summed E-state index contributed by atoms with van der Waals surface area (Å²) >= 11 is 1.30. The molecule has 0 unspecified atom stereocenters. The van der Waals surface area contributed by atoms with Crippen molar-refractivity contribution in [1.82, 2.24) is 35.1 Å². The van der Waals surface area contributed by atoms with Crippen LogP contribution in [0.1, 0.15) is 5.56 Å². The Bertz CT molecular complexity index is 766. The van der Waals surface area contributed by atoms with Gasteiger partial charge in [-0.25, -0.2) is 9.20 Å². The first-order chi connectivity index (χ1) is 10.2. The minimum atomic E-state index is -0.0710. The second kappa shape index (κ2) is 5.92. The van der Waals surface area contributed by atoms with Crippen molar-refractivity contribution in [3.63, 3.8) is 0 Å². The minimum absolute atomic E-state index is 0.0710. The maximum atomic E-state index is 11.8. The van der Waals surface area contributed by atoms with Gasteiger partial charge in [-0.05, 0) is 22.6 Å². The topological polar surface area (TPSA) is 90.0 Å². The second-order valence-electron chi connectivity index (χ2n) is 4.35. The van der Waals surface area contributed by atoms with Crippen molar-refractivity contribution in [2.24, 2.45) is 7.05 Å². The van der Waals surface area contributed by atoms with Crippen LogP contribution in [0.25, 0.3) is 5.52 Å². The van der Waals surface area contributed by atoms with E-state index in [1.54, 1.807) is 17.8 Å². The normalized spacial score (nSPS) is 10.9. The first-order valence-electron chi connectivity index (χ1n) is 6.27. The molecule has 0 atom stereocenters. The summed E-state index contributed by atoms with van der Waals surface area (Å²) in [6.07, 6.45) is 3.63. The number of nitrogens with zero attached hydrogens (tertiary/aromatic N) is 6. The molecule has 0 aliphatic rings. The third kappa shape index (κ3) is 3.02. The first-order valence-corrected chi connectivity index (χ1v) is 7.25. The molecule has 1 N–H and O–H groups in total. The van der Waals surface area contributed by atoms with Crippen LogP contribution in [0, 0.1) is 0 Å². The number of fused-ring (bicyclic) bond motifs is 1. The van der Waals surface area contributed by atoms with E-state index in [1.165, 1.54) is 16.4 Å². The number of thioether (sulfide) groups is 1. The van der Waals surface area contributed by atoms with Gasteiger partial charge in [-0.1, -0.05) is 17.8 Å². The molecule has 0 saturated heterocycles. The first kappa shape index (κ1) is 13.6. The molecule has 0 spiro atoms. The minimum Gasteiger partial charge on any atom is -0.351 e. The molecule has 3 aromatic heterocycles. The van der Waals surface area contributed by atoms with E-state index in [0.717, 1.165) is 11.1 Å². The van der Waals surface area contributed by atoms with Crippen molar-refractivity contribution in [2.75, 3.05) is 5.75 Å². The summed E-state index contributed by atoms with van der Waals surface area (Å²) in [6, 6.07) is 5.82. The number of amides is 1. The van der Waals surface area contributed by atoms with Crippen molar-refractivity contribution >= 4 is 23.2 Å². The summed E-state index contributed by atoms with van der Waals surface area (Å²) in [5.41, 5.74) is 1.97. The van der Waals surface area contributed by atoms with Gasteiger partial charge in [0.25, 0.3) is 0 Å². The molecule has 108 valence electrons. The van der Waals surface area contributed by atoms with E-state index < -0.39 is 0 Å². The lowest BCUT2D eigenvalue weighted by Crippen LogP contribution is -2.24. The van der Waals surface area contributed by atoms with Gasteiger partial charge in [-0.15, -0.1) is 5.10 Å². The number of rotatable bonds is 5. The van der Waals surface area contributed by atoms with Crippen LogP contribution in [0.5, 0.6) is 0 Å². The zero-order chi connectivity index (χ0) is 14.7. The predicted molar refractivity (Wildman–Crippen MR) is 76.6 cm³/mol. The zero-order valence-electron chi connectivity index (χ0n) is 11.3. The van der Waals surface area contributed by atoms with Crippen LogP contribution in [0.3, 0.4) is 0 Å². The van der Waals surface area contributed by atoms with Crippen molar-refractivity contribution in [3.05, 3.63) is 36.2 Å². The molecule has 3 rings (SSSR count). The number of hydrogen-bond acceptors (Lipinski definition) is 6. The molecule has 3 heterocycles. The Balaban J connectivity index is 1.55. The van der Waals surface area contributed by atoms with E-state index >= 15 is 0 Å². The highest BCUT2D eigenvalue weighted by Crippen LogP contribution is 2.12. The summed E-state index contributed by atoms with van der Waals surface area (Å²) in [7, 11) is 1.74. The van der Waals surface area contributed by atoms with Crippen molar-refractivity contribution < 1.29 is 4.79 Å². The zero-order valence-corrected chi connectivity index (χ0v) is 12.1. The summed E-state index contributed by atoms with van der Waals surface area (Å²) < 4.78 is 3.31. The summed E-state index contributed by atoms with van der Waals surface area (Å²) in [5, 5.41) is 18.7. The molecule has 0 saturated carbocycles. The molecule has 0 bridgehead atoms.